The SMILES string of the molecule is CC(c1ccn2ncc(Br)c2c1)N(C)c1ccc(C#N)cn1. The second kappa shape index (κ2) is 5.78. The smallest absolute Gasteiger partial charge is 0.128 e. The fourth-order valence-electron chi connectivity index (χ4n) is 2.31. The number of nitrogens with zero attached hydrogens (tertiary/aromatic N) is 5. The van der Waals surface area contributed by atoms with E-state index in [1.54, 1.807) is 18.5 Å². The lowest BCUT2D eigenvalue weighted by atomic mass is 10.1. The van der Waals surface area contributed by atoms with E-state index in [2.05, 4.69) is 56.0 Å². The molecule has 22 heavy (non-hydrogen) atoms. The Hall–Kier alpha value is -2.39. The molecule has 5 nitrogen and oxygen atoms in total. The van der Waals surface area contributed by atoms with E-state index in [-0.39, 0.29) is 6.04 Å². The Kier molecular flexibility index (Phi) is 3.82. The van der Waals surface area contributed by atoms with Crippen molar-refractivity contribution in [3.8, 4) is 6.07 Å². The highest BCUT2D eigenvalue weighted by Crippen LogP contribution is 2.26. The maximum absolute atomic E-state index is 8.84. The predicted molar refractivity (Wildman–Crippen MR) is 88.7 cm³/mol. The largest absolute Gasteiger partial charge is 0.353 e. The Morgan fingerprint density at radius 1 is 1.32 bits per heavy atom. The minimum atomic E-state index is 0.146. The van der Waals surface area contributed by atoms with Crippen molar-refractivity contribution >= 4 is 27.3 Å². The molecule has 3 aromatic heterocycles. The van der Waals surface area contributed by atoms with Gasteiger partial charge < -0.3 is 4.90 Å². The zero-order valence-corrected chi connectivity index (χ0v) is 13.8. The molecule has 0 N–H and O–H groups in total. The average Bonchev–Trinajstić information content (AvgIpc) is 2.94. The van der Waals surface area contributed by atoms with Crippen molar-refractivity contribution in [2.24, 2.45) is 0 Å². The molecule has 0 radical (unpaired) electrons. The monoisotopic (exact) mass is 355 g/mol. The molecule has 0 aliphatic rings. The molecule has 3 heterocycles. The van der Waals surface area contributed by atoms with Gasteiger partial charge in [0.1, 0.15) is 11.9 Å². The number of pyridine rings is 2. The lowest BCUT2D eigenvalue weighted by Crippen LogP contribution is -2.22. The summed E-state index contributed by atoms with van der Waals surface area (Å²) < 4.78 is 2.81. The number of hydrogen-bond donors (Lipinski definition) is 0. The maximum atomic E-state index is 8.84. The van der Waals surface area contributed by atoms with Gasteiger partial charge in [0.2, 0.25) is 0 Å². The molecule has 0 saturated heterocycles. The van der Waals surface area contributed by atoms with E-state index in [1.165, 1.54) is 5.56 Å². The first-order valence-corrected chi connectivity index (χ1v) is 7.61. The molecule has 0 saturated carbocycles. The van der Waals surface area contributed by atoms with Gasteiger partial charge in [-0.1, -0.05) is 0 Å². The molecule has 1 atom stereocenters. The molecule has 0 aliphatic carbocycles. The summed E-state index contributed by atoms with van der Waals surface area (Å²) in [4.78, 5) is 6.42. The quantitative estimate of drug-likeness (QED) is 0.720. The van der Waals surface area contributed by atoms with Gasteiger partial charge in [0, 0.05) is 19.4 Å². The minimum absolute atomic E-state index is 0.146. The van der Waals surface area contributed by atoms with Gasteiger partial charge in [-0.3, -0.25) is 0 Å². The first kappa shape index (κ1) is 14.5. The number of hydrogen-bond acceptors (Lipinski definition) is 4. The number of nitriles is 1. The molecule has 0 fully saturated rings. The van der Waals surface area contributed by atoms with Crippen molar-refractivity contribution in [3.63, 3.8) is 0 Å². The topological polar surface area (TPSA) is 57.2 Å². The van der Waals surface area contributed by atoms with Crippen molar-refractivity contribution in [3.05, 3.63) is 58.5 Å². The van der Waals surface area contributed by atoms with Crippen LogP contribution in [0.1, 0.15) is 24.1 Å². The van der Waals surface area contributed by atoms with Gasteiger partial charge in [0.05, 0.1) is 27.8 Å². The first-order valence-electron chi connectivity index (χ1n) is 6.82. The Morgan fingerprint density at radius 3 is 2.82 bits per heavy atom. The van der Waals surface area contributed by atoms with Crippen LogP contribution in [0.2, 0.25) is 0 Å². The van der Waals surface area contributed by atoms with Crippen LogP contribution in [0.25, 0.3) is 5.52 Å². The summed E-state index contributed by atoms with van der Waals surface area (Å²) in [6.07, 6.45) is 5.33. The normalized spacial score (nSPS) is 12.1. The zero-order valence-electron chi connectivity index (χ0n) is 12.2. The van der Waals surface area contributed by atoms with Crippen molar-refractivity contribution in [1.82, 2.24) is 14.6 Å². The van der Waals surface area contributed by atoms with E-state index in [1.807, 2.05) is 23.8 Å². The van der Waals surface area contributed by atoms with Crippen molar-refractivity contribution in [1.29, 1.82) is 5.26 Å². The molecule has 110 valence electrons. The fraction of sp³-hybridized carbons (Fsp3) is 0.188. The highest BCUT2D eigenvalue weighted by Gasteiger charge is 2.15. The molecule has 0 spiro atoms. The van der Waals surface area contributed by atoms with Gasteiger partial charge >= 0.3 is 0 Å². The van der Waals surface area contributed by atoms with Gasteiger partial charge in [-0.2, -0.15) is 10.4 Å². The van der Waals surface area contributed by atoms with Crippen LogP contribution in [0.5, 0.6) is 0 Å². The standard InChI is InChI=1S/C16H14BrN5/c1-11(21(2)16-4-3-12(8-18)9-19-16)13-5-6-22-15(7-13)14(17)10-20-22/h3-7,9-11H,1-2H3. The van der Waals surface area contributed by atoms with Crippen LogP contribution >= 0.6 is 15.9 Å². The van der Waals surface area contributed by atoms with E-state index in [4.69, 9.17) is 5.26 Å². The Labute approximate surface area is 136 Å². The summed E-state index contributed by atoms with van der Waals surface area (Å²) in [5, 5.41) is 13.1. The number of fused-ring (bicyclic) bond motifs is 1. The molecule has 3 aromatic rings. The molecule has 0 aromatic carbocycles. The third-order valence-electron chi connectivity index (χ3n) is 3.80. The van der Waals surface area contributed by atoms with Crippen LogP contribution in [0.15, 0.2) is 47.3 Å². The number of anilines is 1. The zero-order chi connectivity index (χ0) is 15.7. The van der Waals surface area contributed by atoms with E-state index in [9.17, 15) is 0 Å². The summed E-state index contributed by atoms with van der Waals surface area (Å²) in [5.74, 6) is 0.832. The van der Waals surface area contributed by atoms with E-state index in [0.717, 1.165) is 15.8 Å². The minimum Gasteiger partial charge on any atom is -0.353 e. The second-order valence-corrected chi connectivity index (χ2v) is 5.94. The van der Waals surface area contributed by atoms with Gasteiger partial charge in [-0.15, -0.1) is 0 Å². The van der Waals surface area contributed by atoms with Crippen molar-refractivity contribution < 1.29 is 0 Å². The lowest BCUT2D eigenvalue weighted by molar-refractivity contribution is 0.726. The maximum Gasteiger partial charge on any atom is 0.128 e. The van der Waals surface area contributed by atoms with Crippen LogP contribution in [-0.2, 0) is 0 Å². The van der Waals surface area contributed by atoms with Crippen LogP contribution in [-0.4, -0.2) is 21.6 Å². The van der Waals surface area contributed by atoms with E-state index >= 15 is 0 Å². The van der Waals surface area contributed by atoms with Gasteiger partial charge in [0.15, 0.2) is 0 Å². The van der Waals surface area contributed by atoms with Crippen LogP contribution < -0.4 is 4.90 Å². The van der Waals surface area contributed by atoms with Crippen molar-refractivity contribution in [2.75, 3.05) is 11.9 Å². The van der Waals surface area contributed by atoms with Crippen molar-refractivity contribution in [2.45, 2.75) is 13.0 Å². The highest BCUT2D eigenvalue weighted by atomic mass is 79.9. The van der Waals surface area contributed by atoms with Gasteiger partial charge in [0.25, 0.3) is 0 Å². The Balaban J connectivity index is 1.91. The average molecular weight is 356 g/mol. The molecule has 3 rings (SSSR count). The Bertz CT molecular complexity index is 847. The summed E-state index contributed by atoms with van der Waals surface area (Å²) in [7, 11) is 1.99. The second-order valence-electron chi connectivity index (χ2n) is 5.09. The molecule has 0 amide bonds. The van der Waals surface area contributed by atoms with Crippen LogP contribution in [0, 0.1) is 11.3 Å². The molecule has 0 aliphatic heterocycles. The first-order chi connectivity index (χ1) is 10.6. The van der Waals surface area contributed by atoms with Gasteiger partial charge in [-0.05, 0) is 52.7 Å². The van der Waals surface area contributed by atoms with Gasteiger partial charge in [-0.25, -0.2) is 9.50 Å². The summed E-state index contributed by atoms with van der Waals surface area (Å²) in [6, 6.07) is 10.0. The van der Waals surface area contributed by atoms with E-state index < -0.39 is 0 Å². The van der Waals surface area contributed by atoms with Crippen LogP contribution in [0.3, 0.4) is 0 Å². The third kappa shape index (κ3) is 2.55. The lowest BCUT2D eigenvalue weighted by Gasteiger charge is -2.26. The fourth-order valence-corrected chi connectivity index (χ4v) is 2.70. The highest BCUT2D eigenvalue weighted by molar-refractivity contribution is 9.10. The molecule has 6 heteroatoms. The van der Waals surface area contributed by atoms with Crippen LogP contribution in [0.4, 0.5) is 5.82 Å². The molecular formula is C16H14BrN5. The Morgan fingerprint density at radius 2 is 2.14 bits per heavy atom. The number of aromatic nitrogens is 3. The molecular weight excluding hydrogens is 342 g/mol. The molecule has 0 bridgehead atoms. The number of halogens is 1. The summed E-state index contributed by atoms with van der Waals surface area (Å²) in [5.41, 5.74) is 2.77. The summed E-state index contributed by atoms with van der Waals surface area (Å²) in [6.45, 7) is 2.12. The summed E-state index contributed by atoms with van der Waals surface area (Å²) >= 11 is 3.51. The predicted octanol–water partition coefficient (Wildman–Crippen LogP) is 3.56. The number of rotatable bonds is 3. The third-order valence-corrected chi connectivity index (χ3v) is 4.41. The molecule has 1 unspecified atom stereocenters. The van der Waals surface area contributed by atoms with E-state index in [0.29, 0.717) is 5.56 Å².